The molecule has 0 spiro atoms. The van der Waals surface area contributed by atoms with E-state index >= 15 is 0 Å². The maximum atomic E-state index is 9.53. The van der Waals surface area contributed by atoms with Crippen molar-refractivity contribution >= 4 is 11.3 Å². The lowest BCUT2D eigenvalue weighted by Crippen LogP contribution is -2.16. The maximum absolute atomic E-state index is 9.53. The van der Waals surface area contributed by atoms with Crippen molar-refractivity contribution in [2.45, 2.75) is 37.7 Å². The number of benzene rings is 1. The molecule has 0 bridgehead atoms. The first-order valence-electron chi connectivity index (χ1n) is 6.37. The zero-order valence-corrected chi connectivity index (χ0v) is 10.9. The molecule has 3 nitrogen and oxygen atoms in total. The van der Waals surface area contributed by atoms with Crippen molar-refractivity contribution < 1.29 is 5.11 Å². The highest BCUT2D eigenvalue weighted by Gasteiger charge is 2.20. The molecule has 1 aliphatic rings. The lowest BCUT2D eigenvalue weighted by atomic mass is 9.82. The summed E-state index contributed by atoms with van der Waals surface area (Å²) in [6.45, 7) is 0. The Balaban J connectivity index is 1.75. The fourth-order valence-corrected chi connectivity index (χ4v) is 3.17. The number of aliphatic hydroxyl groups excluding tert-OH is 1. The maximum Gasteiger partial charge on any atom is 0.147 e. The Morgan fingerprint density at radius 2 is 1.78 bits per heavy atom. The van der Waals surface area contributed by atoms with Crippen molar-refractivity contribution in [1.29, 1.82) is 0 Å². The first-order chi connectivity index (χ1) is 8.83. The Hall–Kier alpha value is -1.26. The molecule has 1 aromatic carbocycles. The van der Waals surface area contributed by atoms with Gasteiger partial charge in [-0.25, -0.2) is 0 Å². The van der Waals surface area contributed by atoms with Gasteiger partial charge in [0.05, 0.1) is 6.10 Å². The summed E-state index contributed by atoms with van der Waals surface area (Å²) in [4.78, 5) is 0. The van der Waals surface area contributed by atoms with Gasteiger partial charge in [-0.15, -0.1) is 10.2 Å². The van der Waals surface area contributed by atoms with Gasteiger partial charge in [-0.3, -0.25) is 0 Å². The SMILES string of the molecule is O[C@H]1CC[C@@H](c2ccc(-c3nncs3)cc2)CC1. The van der Waals surface area contributed by atoms with E-state index in [1.807, 2.05) is 0 Å². The van der Waals surface area contributed by atoms with Crippen LogP contribution in [0.4, 0.5) is 0 Å². The topological polar surface area (TPSA) is 46.0 Å². The predicted octanol–water partition coefficient (Wildman–Crippen LogP) is 3.22. The third-order valence-electron chi connectivity index (χ3n) is 3.69. The molecule has 94 valence electrons. The predicted molar refractivity (Wildman–Crippen MR) is 72.6 cm³/mol. The summed E-state index contributed by atoms with van der Waals surface area (Å²) in [7, 11) is 0. The molecule has 2 aromatic rings. The third-order valence-corrected chi connectivity index (χ3v) is 4.43. The summed E-state index contributed by atoms with van der Waals surface area (Å²) in [5.74, 6) is 0.608. The Labute approximate surface area is 111 Å². The van der Waals surface area contributed by atoms with Gasteiger partial charge in [-0.05, 0) is 37.2 Å². The van der Waals surface area contributed by atoms with Crippen molar-refractivity contribution in [3.8, 4) is 10.6 Å². The van der Waals surface area contributed by atoms with E-state index in [9.17, 15) is 5.11 Å². The normalized spacial score (nSPS) is 24.1. The van der Waals surface area contributed by atoms with Crippen LogP contribution in [0.25, 0.3) is 10.6 Å². The lowest BCUT2D eigenvalue weighted by molar-refractivity contribution is 0.122. The number of aliphatic hydroxyl groups is 1. The minimum Gasteiger partial charge on any atom is -0.393 e. The van der Waals surface area contributed by atoms with E-state index in [0.29, 0.717) is 5.92 Å². The summed E-state index contributed by atoms with van der Waals surface area (Å²) in [5.41, 5.74) is 4.28. The molecule has 1 saturated carbocycles. The van der Waals surface area contributed by atoms with Gasteiger partial charge in [-0.2, -0.15) is 0 Å². The molecule has 1 N–H and O–H groups in total. The molecule has 0 radical (unpaired) electrons. The van der Waals surface area contributed by atoms with Crippen LogP contribution in [0.3, 0.4) is 0 Å². The van der Waals surface area contributed by atoms with Gasteiger partial charge >= 0.3 is 0 Å². The van der Waals surface area contributed by atoms with E-state index in [0.717, 1.165) is 36.3 Å². The Morgan fingerprint density at radius 1 is 1.06 bits per heavy atom. The Morgan fingerprint density at radius 3 is 2.39 bits per heavy atom. The first kappa shape index (κ1) is 11.8. The van der Waals surface area contributed by atoms with Crippen LogP contribution in [0, 0.1) is 0 Å². The molecular formula is C14H16N2OS. The van der Waals surface area contributed by atoms with E-state index in [1.165, 1.54) is 5.56 Å². The highest BCUT2D eigenvalue weighted by Crippen LogP contribution is 2.33. The van der Waals surface area contributed by atoms with Crippen LogP contribution in [-0.2, 0) is 0 Å². The number of rotatable bonds is 2. The monoisotopic (exact) mass is 260 g/mol. The highest BCUT2D eigenvalue weighted by molar-refractivity contribution is 7.12. The van der Waals surface area contributed by atoms with Gasteiger partial charge in [0.1, 0.15) is 10.5 Å². The highest BCUT2D eigenvalue weighted by atomic mass is 32.1. The van der Waals surface area contributed by atoms with Gasteiger partial charge in [0, 0.05) is 5.56 Å². The summed E-state index contributed by atoms with van der Waals surface area (Å²) in [5, 5.41) is 18.4. The molecule has 0 saturated heterocycles. The van der Waals surface area contributed by atoms with E-state index in [1.54, 1.807) is 16.8 Å². The molecular weight excluding hydrogens is 244 g/mol. The zero-order valence-electron chi connectivity index (χ0n) is 10.1. The molecule has 0 atom stereocenters. The molecule has 18 heavy (non-hydrogen) atoms. The van der Waals surface area contributed by atoms with Crippen LogP contribution in [0.2, 0.25) is 0 Å². The number of aromatic nitrogens is 2. The molecule has 0 unspecified atom stereocenters. The minimum absolute atomic E-state index is 0.0816. The molecule has 4 heteroatoms. The first-order valence-corrected chi connectivity index (χ1v) is 7.25. The smallest absolute Gasteiger partial charge is 0.147 e. The Bertz CT molecular complexity index is 487. The molecule has 1 aliphatic carbocycles. The fraction of sp³-hybridized carbons (Fsp3) is 0.429. The van der Waals surface area contributed by atoms with Gasteiger partial charge in [0.25, 0.3) is 0 Å². The fourth-order valence-electron chi connectivity index (χ4n) is 2.61. The standard InChI is InChI=1S/C14H16N2OS/c17-13-7-5-11(6-8-13)10-1-3-12(4-2-10)14-16-15-9-18-14/h1-4,9,11,13,17H,5-8H2/t11-,13+. The molecule has 1 aromatic heterocycles. The summed E-state index contributed by atoms with van der Waals surface area (Å²) < 4.78 is 0. The number of nitrogens with zero attached hydrogens (tertiary/aromatic N) is 2. The van der Waals surface area contributed by atoms with Crippen molar-refractivity contribution in [2.24, 2.45) is 0 Å². The van der Waals surface area contributed by atoms with Crippen LogP contribution in [0.1, 0.15) is 37.2 Å². The average Bonchev–Trinajstić information content (AvgIpc) is 2.94. The van der Waals surface area contributed by atoms with Crippen LogP contribution >= 0.6 is 11.3 Å². The average molecular weight is 260 g/mol. The number of hydrogen-bond acceptors (Lipinski definition) is 4. The molecule has 1 heterocycles. The van der Waals surface area contributed by atoms with Crippen molar-refractivity contribution in [1.82, 2.24) is 10.2 Å². The van der Waals surface area contributed by atoms with Crippen molar-refractivity contribution in [3.63, 3.8) is 0 Å². The summed E-state index contributed by atoms with van der Waals surface area (Å²) in [6.07, 6.45) is 3.98. The summed E-state index contributed by atoms with van der Waals surface area (Å²) >= 11 is 1.56. The van der Waals surface area contributed by atoms with Crippen LogP contribution in [0.5, 0.6) is 0 Å². The van der Waals surface area contributed by atoms with E-state index in [2.05, 4.69) is 34.5 Å². The van der Waals surface area contributed by atoms with Gasteiger partial charge in [0.2, 0.25) is 0 Å². The van der Waals surface area contributed by atoms with E-state index in [-0.39, 0.29) is 6.10 Å². The second-order valence-corrected chi connectivity index (χ2v) is 5.70. The summed E-state index contributed by atoms with van der Waals surface area (Å²) in [6, 6.07) is 8.64. The van der Waals surface area contributed by atoms with Crippen LogP contribution < -0.4 is 0 Å². The quantitative estimate of drug-likeness (QED) is 0.901. The van der Waals surface area contributed by atoms with Crippen LogP contribution in [0.15, 0.2) is 29.8 Å². The third kappa shape index (κ3) is 2.44. The zero-order chi connectivity index (χ0) is 12.4. The van der Waals surface area contributed by atoms with Gasteiger partial charge in [-0.1, -0.05) is 35.6 Å². The van der Waals surface area contributed by atoms with Crippen molar-refractivity contribution in [2.75, 3.05) is 0 Å². The molecule has 0 aliphatic heterocycles. The molecule has 3 rings (SSSR count). The second kappa shape index (κ2) is 5.16. The largest absolute Gasteiger partial charge is 0.393 e. The molecule has 0 amide bonds. The second-order valence-electron chi connectivity index (χ2n) is 4.87. The van der Waals surface area contributed by atoms with Crippen LogP contribution in [-0.4, -0.2) is 21.4 Å². The van der Waals surface area contributed by atoms with E-state index in [4.69, 9.17) is 0 Å². The lowest BCUT2D eigenvalue weighted by Gasteiger charge is -2.25. The number of hydrogen-bond donors (Lipinski definition) is 1. The van der Waals surface area contributed by atoms with Gasteiger partial charge < -0.3 is 5.11 Å². The molecule has 1 fully saturated rings. The van der Waals surface area contributed by atoms with E-state index < -0.39 is 0 Å². The Kier molecular flexibility index (Phi) is 3.39. The van der Waals surface area contributed by atoms with Crippen molar-refractivity contribution in [3.05, 3.63) is 35.3 Å². The van der Waals surface area contributed by atoms with Gasteiger partial charge in [0.15, 0.2) is 0 Å². The minimum atomic E-state index is -0.0816.